The second-order valence-corrected chi connectivity index (χ2v) is 9.40. The molecule has 11 nitrogen and oxygen atoms in total. The molecule has 4 rings (SSSR count). The van der Waals surface area contributed by atoms with Crippen LogP contribution in [-0.4, -0.2) is 69.0 Å². The number of imidazole rings is 1. The Balaban J connectivity index is 1.52. The summed E-state index contributed by atoms with van der Waals surface area (Å²) in [6, 6.07) is -0.282. The number of ether oxygens (including phenoxy) is 2. The summed E-state index contributed by atoms with van der Waals surface area (Å²) in [4.78, 5) is 37.7. The van der Waals surface area contributed by atoms with Crippen LogP contribution in [0.25, 0.3) is 11.5 Å². The van der Waals surface area contributed by atoms with Gasteiger partial charge in [-0.1, -0.05) is 34.5 Å². The van der Waals surface area contributed by atoms with E-state index in [9.17, 15) is 9.59 Å². The monoisotopic (exact) mass is 528 g/mol. The van der Waals surface area contributed by atoms with Crippen molar-refractivity contribution in [3.05, 3.63) is 33.8 Å². The number of methoxy groups -OCH3 is 1. The number of rotatable bonds is 6. The van der Waals surface area contributed by atoms with Gasteiger partial charge in [0.2, 0.25) is 5.06 Å². The van der Waals surface area contributed by atoms with Gasteiger partial charge in [-0.05, 0) is 13.3 Å². The summed E-state index contributed by atoms with van der Waals surface area (Å²) in [7, 11) is 3.35. The average Bonchev–Trinajstić information content (AvgIpc) is 3.47. The minimum Gasteiger partial charge on any atom is -0.449 e. The zero-order valence-electron chi connectivity index (χ0n) is 18.5. The Morgan fingerprint density at radius 3 is 2.71 bits per heavy atom. The number of carbonyl (C=O) groups is 2. The van der Waals surface area contributed by atoms with E-state index in [-0.39, 0.29) is 33.8 Å². The van der Waals surface area contributed by atoms with Crippen molar-refractivity contribution in [2.45, 2.75) is 25.5 Å². The fraction of sp³-hybridized carbons (Fsp3) is 0.400. The Morgan fingerprint density at radius 2 is 2.12 bits per heavy atom. The van der Waals surface area contributed by atoms with E-state index < -0.39 is 6.16 Å². The summed E-state index contributed by atoms with van der Waals surface area (Å²) >= 11 is 13.4. The normalized spacial score (nSPS) is 18.2. The van der Waals surface area contributed by atoms with Crippen LogP contribution in [0.2, 0.25) is 10.0 Å². The molecule has 4 heterocycles. The molecule has 1 amide bonds. The number of amides is 1. The van der Waals surface area contributed by atoms with Crippen molar-refractivity contribution in [1.82, 2.24) is 24.8 Å². The van der Waals surface area contributed by atoms with Gasteiger partial charge in [-0.3, -0.25) is 4.79 Å². The molecule has 0 spiro atoms. The van der Waals surface area contributed by atoms with Crippen LogP contribution in [0.15, 0.2) is 12.4 Å². The van der Waals surface area contributed by atoms with Crippen molar-refractivity contribution < 1.29 is 24.2 Å². The summed E-state index contributed by atoms with van der Waals surface area (Å²) in [5.41, 5.74) is 1.16. The second-order valence-electron chi connectivity index (χ2n) is 7.70. The number of aromatic nitrogens is 4. The summed E-state index contributed by atoms with van der Waals surface area (Å²) in [5, 5.41) is 13.3. The van der Waals surface area contributed by atoms with E-state index in [0.29, 0.717) is 46.9 Å². The third kappa shape index (κ3) is 4.71. The SMILES string of the molecule is CO[C@H]1CN(c2nc(-c3nccn3C)c(OC(=O)O)s2)CC[C@H]1NC(=O)c1[nH]c(C)c(Cl)c1Cl. The van der Waals surface area contributed by atoms with Crippen LogP contribution in [0.5, 0.6) is 5.06 Å². The summed E-state index contributed by atoms with van der Waals surface area (Å²) in [6.45, 7) is 2.69. The van der Waals surface area contributed by atoms with Crippen LogP contribution >= 0.6 is 34.5 Å². The Labute approximate surface area is 208 Å². The summed E-state index contributed by atoms with van der Waals surface area (Å²) in [6.07, 6.45) is 2.10. The van der Waals surface area contributed by atoms with Crippen LogP contribution in [0.3, 0.4) is 0 Å². The topological polar surface area (TPSA) is 135 Å². The maximum atomic E-state index is 12.8. The number of H-pyrrole nitrogens is 1. The highest BCUT2D eigenvalue weighted by Crippen LogP contribution is 2.40. The lowest BCUT2D eigenvalue weighted by atomic mass is 10.0. The Bertz CT molecular complexity index is 1220. The highest BCUT2D eigenvalue weighted by atomic mass is 35.5. The first-order valence-corrected chi connectivity index (χ1v) is 11.8. The van der Waals surface area contributed by atoms with Crippen LogP contribution in [0, 0.1) is 6.92 Å². The number of nitrogens with one attached hydrogen (secondary N) is 2. The molecule has 0 aliphatic carbocycles. The molecule has 1 fully saturated rings. The number of aromatic amines is 1. The molecule has 0 radical (unpaired) electrons. The maximum Gasteiger partial charge on any atom is 0.512 e. The maximum absolute atomic E-state index is 12.8. The zero-order chi connectivity index (χ0) is 24.6. The van der Waals surface area contributed by atoms with E-state index in [0.717, 1.165) is 11.3 Å². The lowest BCUT2D eigenvalue weighted by molar-refractivity contribution is 0.0540. The average molecular weight is 529 g/mol. The van der Waals surface area contributed by atoms with Crippen molar-refractivity contribution in [2.24, 2.45) is 7.05 Å². The van der Waals surface area contributed by atoms with Crippen LogP contribution in [0.4, 0.5) is 9.93 Å². The van der Waals surface area contributed by atoms with Gasteiger partial charge in [-0.25, -0.2) is 14.8 Å². The minimum atomic E-state index is -1.43. The third-order valence-electron chi connectivity index (χ3n) is 5.53. The molecule has 34 heavy (non-hydrogen) atoms. The predicted octanol–water partition coefficient (Wildman–Crippen LogP) is 3.57. The van der Waals surface area contributed by atoms with Crippen molar-refractivity contribution in [2.75, 3.05) is 25.1 Å². The minimum absolute atomic E-state index is 0.134. The number of piperidine rings is 1. The zero-order valence-corrected chi connectivity index (χ0v) is 20.8. The summed E-state index contributed by atoms with van der Waals surface area (Å²) < 4.78 is 12.4. The Morgan fingerprint density at radius 1 is 1.35 bits per heavy atom. The van der Waals surface area contributed by atoms with Gasteiger partial charge < -0.3 is 34.3 Å². The molecule has 3 aromatic heterocycles. The molecule has 2 atom stereocenters. The standard InChI is InChI=1S/C20H22Cl2N6O5S/c1-9-12(21)13(22)14(24-9)17(29)25-10-4-6-28(8-11(10)32-3)19-26-15(16-23-5-7-27(16)2)18(34-19)33-20(30)31/h5,7,10-11,24H,4,6,8H2,1-3H3,(H,25,29)(H,30,31)/t10-,11+/m1/s1. The fourth-order valence-corrected chi connectivity index (χ4v) is 5.14. The molecule has 0 saturated carbocycles. The molecule has 182 valence electrons. The first-order valence-electron chi connectivity index (χ1n) is 10.2. The molecule has 1 aliphatic heterocycles. The molecule has 0 aromatic carbocycles. The van der Waals surface area contributed by atoms with Gasteiger partial charge in [0.1, 0.15) is 5.69 Å². The highest BCUT2D eigenvalue weighted by molar-refractivity contribution is 7.18. The van der Waals surface area contributed by atoms with Gasteiger partial charge >= 0.3 is 6.16 Å². The number of hydrogen-bond acceptors (Lipinski definition) is 8. The first-order chi connectivity index (χ1) is 16.2. The fourth-order valence-electron chi connectivity index (χ4n) is 3.78. The van der Waals surface area contributed by atoms with Crippen molar-refractivity contribution >= 4 is 51.7 Å². The number of aryl methyl sites for hydroxylation is 2. The molecule has 1 aliphatic rings. The highest BCUT2D eigenvalue weighted by Gasteiger charge is 2.34. The van der Waals surface area contributed by atoms with Gasteiger partial charge in [-0.2, -0.15) is 0 Å². The molecule has 0 bridgehead atoms. The third-order valence-corrected chi connectivity index (χ3v) is 7.47. The Kier molecular flexibility index (Phi) is 7.03. The van der Waals surface area contributed by atoms with Crippen LogP contribution in [0.1, 0.15) is 22.6 Å². The largest absolute Gasteiger partial charge is 0.512 e. The molecule has 3 N–H and O–H groups in total. The number of hydrogen-bond donors (Lipinski definition) is 3. The van der Waals surface area contributed by atoms with Crippen molar-refractivity contribution in [3.63, 3.8) is 0 Å². The van der Waals surface area contributed by atoms with Gasteiger partial charge in [0, 0.05) is 45.3 Å². The molecular formula is C20H22Cl2N6O5S. The quantitative estimate of drug-likeness (QED) is 0.413. The van der Waals surface area contributed by atoms with Crippen LogP contribution < -0.4 is 15.0 Å². The number of carbonyl (C=O) groups excluding carboxylic acids is 1. The number of nitrogens with zero attached hydrogens (tertiary/aromatic N) is 4. The van der Waals surface area contributed by atoms with E-state index >= 15 is 0 Å². The molecular weight excluding hydrogens is 507 g/mol. The van der Waals surface area contributed by atoms with Crippen LogP contribution in [-0.2, 0) is 11.8 Å². The van der Waals surface area contributed by atoms with Crippen molar-refractivity contribution in [3.8, 4) is 16.6 Å². The number of thiazole rings is 1. The molecule has 1 saturated heterocycles. The van der Waals surface area contributed by atoms with E-state index in [4.69, 9.17) is 37.8 Å². The van der Waals surface area contributed by atoms with E-state index in [1.54, 1.807) is 38.0 Å². The number of carboxylic acid groups (broad SMARTS) is 1. The lowest BCUT2D eigenvalue weighted by Gasteiger charge is -2.37. The van der Waals surface area contributed by atoms with E-state index in [1.807, 2.05) is 4.90 Å². The Hall–Kier alpha value is -2.80. The first kappa shape index (κ1) is 24.3. The smallest absolute Gasteiger partial charge is 0.449 e. The number of halogens is 2. The number of anilines is 1. The van der Waals surface area contributed by atoms with E-state index in [2.05, 4.69) is 20.3 Å². The lowest BCUT2D eigenvalue weighted by Crippen LogP contribution is -2.55. The second kappa shape index (κ2) is 9.82. The van der Waals surface area contributed by atoms with Gasteiger partial charge in [-0.15, -0.1) is 0 Å². The van der Waals surface area contributed by atoms with E-state index in [1.165, 1.54) is 0 Å². The van der Waals surface area contributed by atoms with Gasteiger partial charge in [0.25, 0.3) is 5.91 Å². The molecule has 0 unspecified atom stereocenters. The predicted molar refractivity (Wildman–Crippen MR) is 127 cm³/mol. The molecule has 3 aromatic rings. The van der Waals surface area contributed by atoms with Gasteiger partial charge in [0.15, 0.2) is 16.6 Å². The molecule has 14 heteroatoms. The summed E-state index contributed by atoms with van der Waals surface area (Å²) in [5.74, 6) is 0.116. The van der Waals surface area contributed by atoms with Gasteiger partial charge in [0.05, 0.1) is 22.2 Å². The van der Waals surface area contributed by atoms with Crippen molar-refractivity contribution in [1.29, 1.82) is 0 Å².